The highest BCUT2D eigenvalue weighted by Crippen LogP contribution is 2.20. The minimum atomic E-state index is -0.940. The van der Waals surface area contributed by atoms with Gasteiger partial charge >= 0.3 is 11.9 Å². The van der Waals surface area contributed by atoms with Gasteiger partial charge in [0.25, 0.3) is 0 Å². The van der Waals surface area contributed by atoms with Crippen molar-refractivity contribution in [2.45, 2.75) is 11.5 Å². The Morgan fingerprint density at radius 1 is 0.857 bits per heavy atom. The summed E-state index contributed by atoms with van der Waals surface area (Å²) in [5.41, 5.74) is 2.39. The molecule has 0 unspecified atom stereocenters. The molecule has 0 aliphatic rings. The molecule has 4 nitrogen and oxygen atoms in total. The van der Waals surface area contributed by atoms with Gasteiger partial charge in [-0.3, -0.25) is 0 Å². The van der Waals surface area contributed by atoms with Gasteiger partial charge in [-0.2, -0.15) is 11.8 Å². The normalized spacial score (nSPS) is 10.3. The molecule has 2 aromatic carbocycles. The molecule has 0 bridgehead atoms. The lowest BCUT2D eigenvalue weighted by atomic mass is 10.1. The minimum absolute atomic E-state index is 0.264. The third kappa shape index (κ3) is 4.10. The highest BCUT2D eigenvalue weighted by atomic mass is 32.2. The van der Waals surface area contributed by atoms with Crippen molar-refractivity contribution in [2.24, 2.45) is 0 Å². The second-order valence-corrected chi connectivity index (χ2v) is 5.44. The van der Waals surface area contributed by atoms with E-state index in [2.05, 4.69) is 0 Å². The zero-order valence-electron chi connectivity index (χ0n) is 11.2. The van der Waals surface area contributed by atoms with Gasteiger partial charge in [-0.1, -0.05) is 30.3 Å². The zero-order chi connectivity index (χ0) is 15.2. The molecule has 5 heteroatoms. The van der Waals surface area contributed by atoms with Gasteiger partial charge in [0.1, 0.15) is 0 Å². The number of aromatic carboxylic acids is 2. The minimum Gasteiger partial charge on any atom is -0.478 e. The topological polar surface area (TPSA) is 74.6 Å². The van der Waals surface area contributed by atoms with Crippen LogP contribution in [-0.2, 0) is 11.5 Å². The first-order chi connectivity index (χ1) is 10.1. The van der Waals surface area contributed by atoms with Gasteiger partial charge in [-0.05, 0) is 29.3 Å². The number of rotatable bonds is 6. The predicted molar refractivity (Wildman–Crippen MR) is 81.8 cm³/mol. The van der Waals surface area contributed by atoms with Crippen molar-refractivity contribution >= 4 is 23.7 Å². The van der Waals surface area contributed by atoms with Gasteiger partial charge in [-0.25, -0.2) is 9.59 Å². The molecule has 108 valence electrons. The van der Waals surface area contributed by atoms with Gasteiger partial charge in [0.05, 0.1) is 11.1 Å². The fraction of sp³-hybridized carbons (Fsp3) is 0.125. The van der Waals surface area contributed by atoms with Gasteiger partial charge < -0.3 is 10.2 Å². The van der Waals surface area contributed by atoms with Gasteiger partial charge in [0.15, 0.2) is 0 Å². The Morgan fingerprint density at radius 3 is 2.14 bits per heavy atom. The monoisotopic (exact) mass is 302 g/mol. The summed E-state index contributed by atoms with van der Waals surface area (Å²) in [5.74, 6) is -0.557. The second kappa shape index (κ2) is 6.95. The Hall–Kier alpha value is -2.27. The lowest BCUT2D eigenvalue weighted by Gasteiger charge is -2.06. The summed E-state index contributed by atoms with van der Waals surface area (Å²) in [6.45, 7) is 0. The quantitative estimate of drug-likeness (QED) is 0.854. The molecule has 0 aromatic heterocycles. The highest BCUT2D eigenvalue weighted by Gasteiger charge is 2.08. The van der Waals surface area contributed by atoms with Gasteiger partial charge in [0.2, 0.25) is 0 Å². The molecule has 0 aliphatic heterocycles. The first-order valence-corrected chi connectivity index (χ1v) is 7.44. The summed E-state index contributed by atoms with van der Waals surface area (Å²) in [6.07, 6.45) is 0. The molecule has 0 amide bonds. The van der Waals surface area contributed by atoms with Crippen molar-refractivity contribution < 1.29 is 19.8 Å². The van der Waals surface area contributed by atoms with Crippen LogP contribution in [0.5, 0.6) is 0 Å². The number of carboxylic acids is 2. The Morgan fingerprint density at radius 2 is 1.52 bits per heavy atom. The molecule has 0 fully saturated rings. The van der Waals surface area contributed by atoms with Crippen LogP contribution >= 0.6 is 11.8 Å². The van der Waals surface area contributed by atoms with E-state index in [-0.39, 0.29) is 5.56 Å². The van der Waals surface area contributed by atoms with Crippen LogP contribution in [0.2, 0.25) is 0 Å². The number of benzene rings is 2. The summed E-state index contributed by atoms with van der Waals surface area (Å²) in [7, 11) is 0. The van der Waals surface area contributed by atoms with Crippen molar-refractivity contribution in [2.75, 3.05) is 0 Å². The standard InChI is InChI=1S/C16H14O4S/c17-15(18)12-7-5-11(6-8-12)9-21-10-13-3-1-2-4-14(13)16(19)20/h1-8H,9-10H2,(H,17,18)(H,19,20). The number of carboxylic acid groups (broad SMARTS) is 2. The van der Waals surface area contributed by atoms with Crippen molar-refractivity contribution in [3.05, 3.63) is 70.8 Å². The SMILES string of the molecule is O=C(O)c1ccc(CSCc2ccccc2C(=O)O)cc1. The molecule has 2 N–H and O–H groups in total. The van der Waals surface area contributed by atoms with E-state index in [1.54, 1.807) is 48.2 Å². The van der Waals surface area contributed by atoms with E-state index in [9.17, 15) is 9.59 Å². The highest BCUT2D eigenvalue weighted by molar-refractivity contribution is 7.97. The van der Waals surface area contributed by atoms with Crippen LogP contribution in [-0.4, -0.2) is 22.2 Å². The van der Waals surface area contributed by atoms with Crippen LogP contribution in [0.1, 0.15) is 31.8 Å². The summed E-state index contributed by atoms with van der Waals surface area (Å²) in [4.78, 5) is 21.8. The summed E-state index contributed by atoms with van der Waals surface area (Å²) < 4.78 is 0. The molecule has 0 saturated carbocycles. The van der Waals surface area contributed by atoms with Gasteiger partial charge in [0, 0.05) is 11.5 Å². The molecule has 0 atom stereocenters. The van der Waals surface area contributed by atoms with Crippen molar-refractivity contribution in [1.29, 1.82) is 0 Å². The van der Waals surface area contributed by atoms with Gasteiger partial charge in [-0.15, -0.1) is 0 Å². The zero-order valence-corrected chi connectivity index (χ0v) is 12.0. The van der Waals surface area contributed by atoms with E-state index in [1.807, 2.05) is 12.1 Å². The maximum atomic E-state index is 11.1. The molecule has 0 radical (unpaired) electrons. The van der Waals surface area contributed by atoms with Crippen LogP contribution in [0.3, 0.4) is 0 Å². The average Bonchev–Trinajstić information content (AvgIpc) is 2.48. The third-order valence-corrected chi connectivity index (χ3v) is 4.03. The molecule has 0 heterocycles. The molecule has 2 aromatic rings. The third-order valence-electron chi connectivity index (χ3n) is 2.97. The van der Waals surface area contributed by atoms with E-state index in [0.717, 1.165) is 11.1 Å². The Bertz CT molecular complexity index is 650. The predicted octanol–water partition coefficient (Wildman–Crippen LogP) is 3.52. The Kier molecular flexibility index (Phi) is 5.00. The number of hydrogen-bond acceptors (Lipinski definition) is 3. The molecular weight excluding hydrogens is 288 g/mol. The Balaban J connectivity index is 1.95. The smallest absolute Gasteiger partial charge is 0.335 e. The van der Waals surface area contributed by atoms with Crippen molar-refractivity contribution in [1.82, 2.24) is 0 Å². The van der Waals surface area contributed by atoms with Crippen molar-refractivity contribution in [3.63, 3.8) is 0 Å². The van der Waals surface area contributed by atoms with Crippen molar-refractivity contribution in [3.8, 4) is 0 Å². The molecule has 0 saturated heterocycles. The van der Waals surface area contributed by atoms with E-state index in [0.29, 0.717) is 17.1 Å². The maximum absolute atomic E-state index is 11.1. The molecule has 0 spiro atoms. The van der Waals surface area contributed by atoms with E-state index in [4.69, 9.17) is 10.2 Å². The van der Waals surface area contributed by atoms with Crippen LogP contribution in [0, 0.1) is 0 Å². The summed E-state index contributed by atoms with van der Waals surface area (Å²) in [6, 6.07) is 13.6. The fourth-order valence-corrected chi connectivity index (χ4v) is 2.88. The second-order valence-electron chi connectivity index (χ2n) is 4.46. The molecular formula is C16H14O4S. The van der Waals surface area contributed by atoms with E-state index in [1.165, 1.54) is 0 Å². The van der Waals surface area contributed by atoms with E-state index < -0.39 is 11.9 Å². The largest absolute Gasteiger partial charge is 0.478 e. The van der Waals surface area contributed by atoms with E-state index >= 15 is 0 Å². The maximum Gasteiger partial charge on any atom is 0.335 e. The first kappa shape index (κ1) is 15.1. The Labute approximate surface area is 126 Å². The number of hydrogen-bond donors (Lipinski definition) is 2. The molecule has 21 heavy (non-hydrogen) atoms. The first-order valence-electron chi connectivity index (χ1n) is 6.29. The van der Waals surface area contributed by atoms with Crippen LogP contribution in [0.15, 0.2) is 48.5 Å². The fourth-order valence-electron chi connectivity index (χ4n) is 1.88. The average molecular weight is 302 g/mol. The number of thioether (sulfide) groups is 1. The lowest BCUT2D eigenvalue weighted by molar-refractivity contribution is 0.0685. The van der Waals surface area contributed by atoms with Crippen LogP contribution in [0.4, 0.5) is 0 Å². The molecule has 0 aliphatic carbocycles. The van der Waals surface area contributed by atoms with Crippen LogP contribution in [0.25, 0.3) is 0 Å². The lowest BCUT2D eigenvalue weighted by Crippen LogP contribution is -2.01. The summed E-state index contributed by atoms with van der Waals surface area (Å²) >= 11 is 1.59. The van der Waals surface area contributed by atoms with Crippen LogP contribution < -0.4 is 0 Å². The molecule has 2 rings (SSSR count). The number of carbonyl (C=O) groups is 2. The summed E-state index contributed by atoms with van der Waals surface area (Å²) in [5, 5.41) is 17.9.